The van der Waals surface area contributed by atoms with Crippen molar-refractivity contribution < 1.29 is 18.3 Å². The number of carbonyl (C=O) groups excluding carboxylic acids is 1. The number of hydrogen-bond donors (Lipinski definition) is 1. The molecule has 5 heterocycles. The average molecular weight is 576 g/mol. The molecule has 0 unspecified atom stereocenters. The number of piperidine rings is 1. The molecule has 3 aromatic heterocycles. The molecule has 1 N–H and O–H groups in total. The number of aromatic nitrogens is 4. The minimum absolute atomic E-state index is 0.0904. The molecular formula is C31H35F2N7O2. The molecule has 1 saturated carbocycles. The van der Waals surface area contributed by atoms with E-state index in [1.807, 2.05) is 12.3 Å². The summed E-state index contributed by atoms with van der Waals surface area (Å²) in [6, 6.07) is 10.3. The van der Waals surface area contributed by atoms with Gasteiger partial charge in [-0.3, -0.25) is 14.8 Å². The van der Waals surface area contributed by atoms with E-state index < -0.39 is 11.8 Å². The summed E-state index contributed by atoms with van der Waals surface area (Å²) in [5.41, 5.74) is 3.76. The van der Waals surface area contributed by atoms with Gasteiger partial charge in [0, 0.05) is 55.1 Å². The van der Waals surface area contributed by atoms with Crippen LogP contribution in [0, 0.1) is 5.41 Å². The van der Waals surface area contributed by atoms with Gasteiger partial charge in [-0.25, -0.2) is 8.78 Å². The van der Waals surface area contributed by atoms with Crippen LogP contribution in [-0.2, 0) is 23.4 Å². The zero-order valence-electron chi connectivity index (χ0n) is 23.7. The highest BCUT2D eigenvalue weighted by Crippen LogP contribution is 2.47. The lowest BCUT2D eigenvalue weighted by atomic mass is 9.71. The van der Waals surface area contributed by atoms with Crippen LogP contribution in [0.15, 0.2) is 61.1 Å². The van der Waals surface area contributed by atoms with Gasteiger partial charge in [-0.1, -0.05) is 12.6 Å². The molecule has 0 radical (unpaired) electrons. The van der Waals surface area contributed by atoms with Crippen molar-refractivity contribution in [3.63, 3.8) is 0 Å². The Morgan fingerprint density at radius 3 is 2.38 bits per heavy atom. The molecule has 3 fully saturated rings. The van der Waals surface area contributed by atoms with E-state index in [2.05, 4.69) is 54.9 Å². The van der Waals surface area contributed by atoms with Gasteiger partial charge in [0.1, 0.15) is 12.3 Å². The Kier molecular flexibility index (Phi) is 7.51. The molecule has 0 bridgehead atoms. The number of amides is 1. The molecule has 3 aliphatic rings. The summed E-state index contributed by atoms with van der Waals surface area (Å²) in [5.74, 6) is 0.190. The molecular weight excluding hydrogens is 540 g/mol. The van der Waals surface area contributed by atoms with E-state index in [-0.39, 0.29) is 24.1 Å². The maximum Gasteiger partial charge on any atom is 0.280 e. The lowest BCUT2D eigenvalue weighted by Gasteiger charge is -2.55. The Bertz CT molecular complexity index is 1410. The Morgan fingerprint density at radius 1 is 1.02 bits per heavy atom. The number of allylic oxidation sites excluding steroid dienone is 1. The van der Waals surface area contributed by atoms with Gasteiger partial charge in [-0.2, -0.15) is 5.10 Å². The molecule has 1 amide bonds. The topological polar surface area (TPSA) is 96.4 Å². The summed E-state index contributed by atoms with van der Waals surface area (Å²) in [4.78, 5) is 26.2. The zero-order chi connectivity index (χ0) is 29.3. The summed E-state index contributed by atoms with van der Waals surface area (Å²) in [5, 5.41) is 11.4. The number of hydrogen-bond acceptors (Lipinski definition) is 8. The maximum atomic E-state index is 13.1. The smallest absolute Gasteiger partial charge is 0.280 e. The Morgan fingerprint density at radius 2 is 1.81 bits per heavy atom. The van der Waals surface area contributed by atoms with Gasteiger partial charge in [0.15, 0.2) is 0 Å². The van der Waals surface area contributed by atoms with Gasteiger partial charge in [0.25, 0.3) is 6.43 Å². The van der Waals surface area contributed by atoms with Gasteiger partial charge < -0.3 is 19.9 Å². The third-order valence-electron chi connectivity index (χ3n) is 8.79. The van der Waals surface area contributed by atoms with Crippen LogP contribution < -0.4 is 15.0 Å². The predicted molar refractivity (Wildman–Crippen MR) is 153 cm³/mol. The third kappa shape index (κ3) is 5.77. The molecule has 42 heavy (non-hydrogen) atoms. The van der Waals surface area contributed by atoms with E-state index >= 15 is 0 Å². The molecule has 11 heteroatoms. The first-order valence-corrected chi connectivity index (χ1v) is 14.3. The van der Waals surface area contributed by atoms with Crippen LogP contribution in [-0.4, -0.2) is 57.2 Å². The quantitative estimate of drug-likeness (QED) is 0.376. The second-order valence-electron chi connectivity index (χ2n) is 11.8. The lowest BCUT2D eigenvalue weighted by molar-refractivity contribution is -0.123. The number of alkyl halides is 2. The van der Waals surface area contributed by atoms with Gasteiger partial charge in [0.2, 0.25) is 11.8 Å². The van der Waals surface area contributed by atoms with Crippen molar-refractivity contribution in [3.05, 3.63) is 83.7 Å². The predicted octanol–water partition coefficient (Wildman–Crippen LogP) is 4.57. The van der Waals surface area contributed by atoms with Crippen molar-refractivity contribution >= 4 is 11.6 Å². The van der Waals surface area contributed by atoms with Crippen molar-refractivity contribution in [2.24, 2.45) is 5.41 Å². The Balaban J connectivity index is 0.969. The van der Waals surface area contributed by atoms with E-state index in [9.17, 15) is 13.6 Å². The number of nitrogens with zero attached hydrogens (tertiary/aromatic N) is 6. The van der Waals surface area contributed by atoms with E-state index in [4.69, 9.17) is 4.74 Å². The highest BCUT2D eigenvalue weighted by atomic mass is 19.3. The Labute approximate surface area is 244 Å². The zero-order valence-corrected chi connectivity index (χ0v) is 23.7. The molecule has 6 rings (SSSR count). The summed E-state index contributed by atoms with van der Waals surface area (Å²) < 4.78 is 30.9. The number of anilines is 1. The monoisotopic (exact) mass is 575 g/mol. The fourth-order valence-electron chi connectivity index (χ4n) is 5.86. The largest absolute Gasteiger partial charge is 0.472 e. The second kappa shape index (κ2) is 11.3. The van der Waals surface area contributed by atoms with Crippen LogP contribution in [0.2, 0.25) is 0 Å². The summed E-state index contributed by atoms with van der Waals surface area (Å²) >= 11 is 0. The fourth-order valence-corrected chi connectivity index (χ4v) is 5.86. The molecule has 2 saturated heterocycles. The number of likely N-dealkylation sites (tertiary alicyclic amines) is 1. The maximum absolute atomic E-state index is 13.1. The first-order chi connectivity index (χ1) is 20.3. The highest BCUT2D eigenvalue weighted by Gasteiger charge is 2.53. The average Bonchev–Trinajstić information content (AvgIpc) is 3.81. The minimum Gasteiger partial charge on any atom is -0.472 e. The molecule has 9 nitrogen and oxygen atoms in total. The number of nitrogens with one attached hydrogen (secondary N) is 1. The van der Waals surface area contributed by atoms with Gasteiger partial charge in [-0.05, 0) is 56.9 Å². The van der Waals surface area contributed by atoms with Crippen LogP contribution in [0.5, 0.6) is 5.88 Å². The number of ether oxygens (including phenoxy) is 1. The number of carbonyl (C=O) groups is 1. The van der Waals surface area contributed by atoms with E-state index in [0.717, 1.165) is 43.3 Å². The van der Waals surface area contributed by atoms with Crippen molar-refractivity contribution in [1.82, 2.24) is 30.4 Å². The van der Waals surface area contributed by atoms with Crippen LogP contribution in [0.3, 0.4) is 0 Å². The molecule has 2 aliphatic heterocycles. The molecule has 1 aliphatic carbocycles. The number of pyridine rings is 2. The molecule has 220 valence electrons. The summed E-state index contributed by atoms with van der Waals surface area (Å²) in [6.07, 6.45) is 4.44. The lowest BCUT2D eigenvalue weighted by Crippen LogP contribution is -2.60. The summed E-state index contributed by atoms with van der Waals surface area (Å²) in [6.45, 7) is 10.9. The second-order valence-corrected chi connectivity index (χ2v) is 11.8. The van der Waals surface area contributed by atoms with E-state index in [1.54, 1.807) is 12.1 Å². The van der Waals surface area contributed by atoms with E-state index in [1.165, 1.54) is 31.2 Å². The van der Waals surface area contributed by atoms with Crippen molar-refractivity contribution in [3.8, 4) is 5.88 Å². The van der Waals surface area contributed by atoms with Crippen LogP contribution in [0.1, 0.15) is 61.7 Å². The van der Waals surface area contributed by atoms with Gasteiger partial charge >= 0.3 is 0 Å². The van der Waals surface area contributed by atoms with Gasteiger partial charge in [-0.15, -0.1) is 5.10 Å². The molecule has 1 spiro atoms. The first-order valence-electron chi connectivity index (χ1n) is 14.3. The van der Waals surface area contributed by atoms with Crippen LogP contribution in [0.25, 0.3) is 0 Å². The standard InChI is InChI=1S/C31H35F2N7O2/c1-21(2)39-13-11-30(12-14-39)19-40(20-30)24-5-4-23(34-17-24)16-36-29(41)31(9-10-31)26-7-8-27(38-37-26)42-18-22-3-6-25(28(32)33)35-15-22/h3-8,15,17,28H,1,9-14,16,18-20H2,2H3,(H,36,41). The normalized spacial score (nSPS) is 18.5. The van der Waals surface area contributed by atoms with Crippen molar-refractivity contribution in [1.29, 1.82) is 0 Å². The minimum atomic E-state index is -2.61. The molecule has 0 aromatic carbocycles. The summed E-state index contributed by atoms with van der Waals surface area (Å²) in [7, 11) is 0. The van der Waals surface area contributed by atoms with Gasteiger partial charge in [0.05, 0.1) is 35.2 Å². The number of rotatable bonds is 10. The highest BCUT2D eigenvalue weighted by molar-refractivity contribution is 5.90. The number of halogens is 2. The van der Waals surface area contributed by atoms with Crippen molar-refractivity contribution in [2.75, 3.05) is 31.1 Å². The SMILES string of the molecule is C=C(C)N1CCC2(CC1)CN(c1ccc(CNC(=O)C3(c4ccc(OCc5ccc(C(F)F)nc5)nn4)CC3)nc1)C2. The van der Waals surface area contributed by atoms with Crippen LogP contribution in [0.4, 0.5) is 14.5 Å². The third-order valence-corrected chi connectivity index (χ3v) is 8.79. The molecule has 0 atom stereocenters. The first kappa shape index (κ1) is 28.0. The molecule has 3 aromatic rings. The Hall–Kier alpha value is -4.15. The van der Waals surface area contributed by atoms with Crippen molar-refractivity contribution in [2.45, 2.75) is 57.6 Å². The van der Waals surface area contributed by atoms with Crippen LogP contribution >= 0.6 is 0 Å². The fraction of sp³-hybridized carbons (Fsp3) is 0.452. The van der Waals surface area contributed by atoms with E-state index in [0.29, 0.717) is 36.1 Å².